The molecule has 2 aliphatic heterocycles. The lowest BCUT2D eigenvalue weighted by molar-refractivity contribution is 0.173. The predicted octanol–water partition coefficient (Wildman–Crippen LogP) is 4.00. The number of rotatable bonds is 5. The first-order chi connectivity index (χ1) is 16.7. The smallest absolute Gasteiger partial charge is 0.238 e. The summed E-state index contributed by atoms with van der Waals surface area (Å²) in [5, 5.41) is 4.72. The number of aryl methyl sites for hydroxylation is 2. The Kier molecular flexibility index (Phi) is 5.01. The molecule has 4 aromatic rings. The zero-order chi connectivity index (χ0) is 23.1. The third-order valence-electron chi connectivity index (χ3n) is 6.14. The third kappa shape index (κ3) is 3.59. The van der Waals surface area contributed by atoms with E-state index in [0.717, 1.165) is 59.3 Å². The molecule has 1 unspecified atom stereocenters. The van der Waals surface area contributed by atoms with Crippen molar-refractivity contribution in [2.75, 3.05) is 13.9 Å². The molecule has 172 valence electrons. The molecule has 0 radical (unpaired) electrons. The molecular weight excluding hydrogens is 432 g/mol. The number of benzene rings is 1. The summed E-state index contributed by atoms with van der Waals surface area (Å²) in [5.41, 5.74) is 3.63. The van der Waals surface area contributed by atoms with Crippen molar-refractivity contribution in [2.45, 2.75) is 32.2 Å². The van der Waals surface area contributed by atoms with Gasteiger partial charge < -0.3 is 18.8 Å². The topological polar surface area (TPSA) is 89.1 Å². The van der Waals surface area contributed by atoms with Crippen molar-refractivity contribution in [2.24, 2.45) is 0 Å². The Morgan fingerprint density at radius 1 is 1.12 bits per heavy atom. The van der Waals surface area contributed by atoms with Gasteiger partial charge >= 0.3 is 0 Å². The van der Waals surface area contributed by atoms with Crippen LogP contribution < -0.4 is 14.2 Å². The molecular formula is C25H24N6O3. The van der Waals surface area contributed by atoms with E-state index in [1.54, 1.807) is 13.4 Å². The summed E-state index contributed by atoms with van der Waals surface area (Å²) in [4.78, 5) is 13.8. The maximum Gasteiger partial charge on any atom is 0.238 e. The summed E-state index contributed by atoms with van der Waals surface area (Å²) in [6.07, 6.45) is 9.50. The first-order valence-electron chi connectivity index (χ1n) is 11.3. The van der Waals surface area contributed by atoms with Gasteiger partial charge in [-0.05, 0) is 50.1 Å². The van der Waals surface area contributed by atoms with Crippen LogP contribution in [0.5, 0.6) is 17.4 Å². The Labute approximate surface area is 196 Å². The van der Waals surface area contributed by atoms with Crippen molar-refractivity contribution in [3.05, 3.63) is 71.5 Å². The molecule has 1 aromatic carbocycles. The van der Waals surface area contributed by atoms with Crippen LogP contribution in [-0.4, -0.2) is 43.2 Å². The van der Waals surface area contributed by atoms with Crippen LogP contribution in [0.1, 0.15) is 47.4 Å². The third-order valence-corrected chi connectivity index (χ3v) is 6.14. The number of aromatic nitrogens is 6. The van der Waals surface area contributed by atoms with Crippen LogP contribution in [-0.2, 0) is 6.54 Å². The highest BCUT2D eigenvalue weighted by Crippen LogP contribution is 2.43. The van der Waals surface area contributed by atoms with Crippen LogP contribution in [0.3, 0.4) is 0 Å². The number of fused-ring (bicyclic) bond motifs is 2. The van der Waals surface area contributed by atoms with Gasteiger partial charge in [-0.1, -0.05) is 12.1 Å². The standard InChI is InChI=1S/C25H24N6O3/c1-16-13-30(14-26-16)20-10-8-17(27-25(20)32-2)9-11-22-28-24-19(6-4-12-31(24)29-22)18-5-3-7-21-23(18)34-15-33-21/h3,5,7-11,13-14,19H,4,6,12,15H2,1-2H3/b11-9+. The number of pyridine rings is 1. The quantitative estimate of drug-likeness (QED) is 0.448. The molecule has 0 N–H and O–H groups in total. The Morgan fingerprint density at radius 3 is 2.91 bits per heavy atom. The average molecular weight is 457 g/mol. The first kappa shape index (κ1) is 20.5. The van der Waals surface area contributed by atoms with Crippen molar-refractivity contribution in [3.8, 4) is 23.1 Å². The largest absolute Gasteiger partial charge is 0.479 e. The predicted molar refractivity (Wildman–Crippen MR) is 125 cm³/mol. The molecule has 3 aromatic heterocycles. The number of imidazole rings is 1. The lowest BCUT2D eigenvalue weighted by Crippen LogP contribution is -2.18. The summed E-state index contributed by atoms with van der Waals surface area (Å²) < 4.78 is 20.7. The molecule has 9 nitrogen and oxygen atoms in total. The summed E-state index contributed by atoms with van der Waals surface area (Å²) in [7, 11) is 1.61. The van der Waals surface area contributed by atoms with E-state index in [1.807, 2.05) is 58.8 Å². The number of nitrogens with zero attached hydrogens (tertiary/aromatic N) is 6. The number of hydrogen-bond donors (Lipinski definition) is 0. The van der Waals surface area contributed by atoms with E-state index in [4.69, 9.17) is 24.3 Å². The van der Waals surface area contributed by atoms with Gasteiger partial charge in [0.1, 0.15) is 11.5 Å². The minimum Gasteiger partial charge on any atom is -0.479 e. The van der Waals surface area contributed by atoms with Gasteiger partial charge in [0.05, 0.1) is 24.8 Å². The van der Waals surface area contributed by atoms with Crippen molar-refractivity contribution in [3.63, 3.8) is 0 Å². The maximum atomic E-state index is 5.76. The number of para-hydroxylation sites is 1. The molecule has 34 heavy (non-hydrogen) atoms. The van der Waals surface area contributed by atoms with Gasteiger partial charge in [-0.3, -0.25) is 0 Å². The number of ether oxygens (including phenoxy) is 3. The normalized spacial score (nSPS) is 16.7. The van der Waals surface area contributed by atoms with Gasteiger partial charge in [0, 0.05) is 24.2 Å². The average Bonchev–Trinajstić information content (AvgIpc) is 3.61. The lowest BCUT2D eigenvalue weighted by Gasteiger charge is -2.23. The highest BCUT2D eigenvalue weighted by Gasteiger charge is 2.30. The molecule has 0 saturated heterocycles. The Hall–Kier alpha value is -4.14. The number of methoxy groups -OCH3 is 1. The minimum absolute atomic E-state index is 0.121. The molecule has 0 saturated carbocycles. The molecule has 0 aliphatic carbocycles. The second-order valence-electron chi connectivity index (χ2n) is 8.35. The lowest BCUT2D eigenvalue weighted by atomic mass is 9.90. The molecule has 2 aliphatic rings. The van der Waals surface area contributed by atoms with Crippen LogP contribution in [0.2, 0.25) is 0 Å². The van der Waals surface area contributed by atoms with Gasteiger partial charge in [-0.15, -0.1) is 0 Å². The van der Waals surface area contributed by atoms with Crippen LogP contribution in [0.4, 0.5) is 0 Å². The van der Waals surface area contributed by atoms with Crippen molar-refractivity contribution in [1.82, 2.24) is 29.3 Å². The van der Waals surface area contributed by atoms with Gasteiger partial charge in [0.25, 0.3) is 0 Å². The molecule has 0 spiro atoms. The van der Waals surface area contributed by atoms with Gasteiger partial charge in [0.2, 0.25) is 12.7 Å². The molecule has 0 bridgehead atoms. The van der Waals surface area contributed by atoms with Crippen LogP contribution in [0, 0.1) is 6.92 Å². The van der Waals surface area contributed by atoms with Crippen molar-refractivity contribution in [1.29, 1.82) is 0 Å². The van der Waals surface area contributed by atoms with Crippen LogP contribution in [0.25, 0.3) is 17.8 Å². The summed E-state index contributed by atoms with van der Waals surface area (Å²) in [6, 6.07) is 9.94. The molecule has 0 amide bonds. The van der Waals surface area contributed by atoms with Crippen LogP contribution in [0.15, 0.2) is 42.9 Å². The molecule has 5 heterocycles. The SMILES string of the molecule is COc1nc(/C=C/c2nc3n(n2)CCCC3c2cccc3c2OCO3)ccc1-n1cnc(C)c1. The van der Waals surface area contributed by atoms with Gasteiger partial charge in [-0.2, -0.15) is 5.10 Å². The summed E-state index contributed by atoms with van der Waals surface area (Å²) in [6.45, 7) is 3.06. The molecule has 0 fully saturated rings. The van der Waals surface area contributed by atoms with Crippen molar-refractivity contribution >= 4 is 12.2 Å². The second-order valence-corrected chi connectivity index (χ2v) is 8.35. The van der Waals surface area contributed by atoms with E-state index in [0.29, 0.717) is 11.7 Å². The van der Waals surface area contributed by atoms with Crippen LogP contribution >= 0.6 is 0 Å². The van der Waals surface area contributed by atoms with Gasteiger partial charge in [-0.25, -0.2) is 19.6 Å². The van der Waals surface area contributed by atoms with E-state index in [9.17, 15) is 0 Å². The Bertz CT molecular complexity index is 1390. The molecule has 6 rings (SSSR count). The highest BCUT2D eigenvalue weighted by atomic mass is 16.7. The second kappa shape index (κ2) is 8.33. The molecule has 9 heteroatoms. The summed E-state index contributed by atoms with van der Waals surface area (Å²) >= 11 is 0. The zero-order valence-corrected chi connectivity index (χ0v) is 19.0. The van der Waals surface area contributed by atoms with E-state index in [1.165, 1.54) is 0 Å². The van der Waals surface area contributed by atoms with E-state index >= 15 is 0 Å². The molecule has 1 atom stereocenters. The van der Waals surface area contributed by atoms with Crippen molar-refractivity contribution < 1.29 is 14.2 Å². The summed E-state index contributed by atoms with van der Waals surface area (Å²) in [5.74, 6) is 3.87. The minimum atomic E-state index is 0.121. The monoisotopic (exact) mass is 456 g/mol. The Morgan fingerprint density at radius 2 is 2.06 bits per heavy atom. The first-order valence-corrected chi connectivity index (χ1v) is 11.3. The van der Waals surface area contributed by atoms with E-state index in [2.05, 4.69) is 16.0 Å². The van der Waals surface area contributed by atoms with Gasteiger partial charge in [0.15, 0.2) is 17.3 Å². The van der Waals surface area contributed by atoms with E-state index < -0.39 is 0 Å². The number of hydrogen-bond acceptors (Lipinski definition) is 7. The fraction of sp³-hybridized carbons (Fsp3) is 0.280. The fourth-order valence-electron chi connectivity index (χ4n) is 4.56. The Balaban J connectivity index is 1.28. The zero-order valence-electron chi connectivity index (χ0n) is 19.0. The van der Waals surface area contributed by atoms with E-state index in [-0.39, 0.29) is 12.7 Å². The highest BCUT2D eigenvalue weighted by molar-refractivity contribution is 5.66. The fourth-order valence-corrected chi connectivity index (χ4v) is 4.56. The maximum absolute atomic E-state index is 5.76.